The second-order valence-electron chi connectivity index (χ2n) is 3.67. The molecule has 0 saturated heterocycles. The molecule has 1 aliphatic carbocycles. The summed E-state index contributed by atoms with van der Waals surface area (Å²) in [6.45, 7) is 1.94. The summed E-state index contributed by atoms with van der Waals surface area (Å²) in [5, 5.41) is 21.2. The number of carbonyl (C=O) groups is 1. The summed E-state index contributed by atoms with van der Waals surface area (Å²) < 4.78 is 0. The molecule has 76 valence electrons. The van der Waals surface area contributed by atoms with Crippen molar-refractivity contribution in [1.29, 1.82) is 0 Å². The first kappa shape index (κ1) is 10.5. The van der Waals surface area contributed by atoms with Crippen LogP contribution in [0.25, 0.3) is 0 Å². The first-order chi connectivity index (χ1) is 6.06. The molecule has 0 heterocycles. The number of carbonyl (C=O) groups excluding carboxylic acids is 1. The second-order valence-corrected chi connectivity index (χ2v) is 3.67. The number of nitrogens with one attached hydrogen (secondary N) is 1. The Kier molecular flexibility index (Phi) is 3.27. The monoisotopic (exact) mass is 187 g/mol. The Morgan fingerprint density at radius 2 is 2.15 bits per heavy atom. The molecule has 4 nitrogen and oxygen atoms in total. The lowest BCUT2D eigenvalue weighted by molar-refractivity contribution is -0.187. The Balaban J connectivity index is 2.31. The fourth-order valence-electron chi connectivity index (χ4n) is 1.07. The van der Waals surface area contributed by atoms with Gasteiger partial charge >= 0.3 is 0 Å². The van der Waals surface area contributed by atoms with Crippen LogP contribution in [0, 0.1) is 0 Å². The van der Waals surface area contributed by atoms with Gasteiger partial charge in [0.15, 0.2) is 0 Å². The molecule has 13 heavy (non-hydrogen) atoms. The highest BCUT2D eigenvalue weighted by Crippen LogP contribution is 2.20. The first-order valence-electron chi connectivity index (χ1n) is 4.82. The maximum Gasteiger partial charge on any atom is 0.280 e. The van der Waals surface area contributed by atoms with Crippen molar-refractivity contribution in [2.45, 2.75) is 50.9 Å². The Morgan fingerprint density at radius 3 is 2.62 bits per heavy atom. The number of unbranched alkanes of at least 4 members (excludes halogenated alkanes) is 1. The Bertz CT molecular complexity index is 187. The third-order valence-corrected chi connectivity index (χ3v) is 2.16. The number of rotatable bonds is 5. The van der Waals surface area contributed by atoms with E-state index in [9.17, 15) is 15.0 Å². The average Bonchev–Trinajstić information content (AvgIpc) is 2.84. The highest BCUT2D eigenvalue weighted by molar-refractivity contribution is 5.83. The van der Waals surface area contributed by atoms with E-state index in [2.05, 4.69) is 5.32 Å². The molecule has 0 aromatic heterocycles. The standard InChI is InChI=1S/C9H17NO3/c1-2-3-6-9(12,13)8(11)10-7-4-5-7/h7,12-13H,2-6H2,1H3,(H,10,11). The molecule has 1 aliphatic rings. The lowest BCUT2D eigenvalue weighted by atomic mass is 10.1. The van der Waals surface area contributed by atoms with E-state index in [4.69, 9.17) is 0 Å². The van der Waals surface area contributed by atoms with Crippen LogP contribution in [0.2, 0.25) is 0 Å². The van der Waals surface area contributed by atoms with Gasteiger partial charge in [0.2, 0.25) is 5.79 Å². The number of hydrogen-bond donors (Lipinski definition) is 3. The molecular formula is C9H17NO3. The van der Waals surface area contributed by atoms with E-state index in [1.807, 2.05) is 6.92 Å². The summed E-state index contributed by atoms with van der Waals surface area (Å²) >= 11 is 0. The molecule has 0 spiro atoms. The predicted molar refractivity (Wildman–Crippen MR) is 47.9 cm³/mol. The summed E-state index contributed by atoms with van der Waals surface area (Å²) in [4.78, 5) is 11.2. The smallest absolute Gasteiger partial charge is 0.280 e. The van der Waals surface area contributed by atoms with Gasteiger partial charge < -0.3 is 15.5 Å². The van der Waals surface area contributed by atoms with Crippen LogP contribution in [-0.4, -0.2) is 27.9 Å². The van der Waals surface area contributed by atoms with Gasteiger partial charge in [-0.3, -0.25) is 4.79 Å². The minimum Gasteiger partial charge on any atom is -0.358 e. The molecule has 0 bridgehead atoms. The maximum atomic E-state index is 11.2. The fourth-order valence-corrected chi connectivity index (χ4v) is 1.07. The quantitative estimate of drug-likeness (QED) is 0.536. The van der Waals surface area contributed by atoms with Crippen molar-refractivity contribution in [1.82, 2.24) is 5.32 Å². The van der Waals surface area contributed by atoms with Gasteiger partial charge in [0.25, 0.3) is 5.91 Å². The zero-order chi connectivity index (χ0) is 9.90. The van der Waals surface area contributed by atoms with E-state index in [1.54, 1.807) is 0 Å². The van der Waals surface area contributed by atoms with Crippen LogP contribution in [0.15, 0.2) is 0 Å². The molecule has 1 fully saturated rings. The molecule has 1 rings (SSSR count). The SMILES string of the molecule is CCCCC(O)(O)C(=O)NC1CC1. The van der Waals surface area contributed by atoms with Gasteiger partial charge in [-0.1, -0.05) is 13.3 Å². The van der Waals surface area contributed by atoms with Gasteiger partial charge in [-0.2, -0.15) is 0 Å². The average molecular weight is 187 g/mol. The number of aliphatic hydroxyl groups is 2. The van der Waals surface area contributed by atoms with Gasteiger partial charge in [-0.05, 0) is 19.3 Å². The summed E-state index contributed by atoms with van der Waals surface area (Å²) in [5.74, 6) is -2.82. The minimum atomic E-state index is -2.17. The molecule has 0 aromatic rings. The zero-order valence-electron chi connectivity index (χ0n) is 7.92. The summed E-state index contributed by atoms with van der Waals surface area (Å²) in [6.07, 6.45) is 3.51. The number of amides is 1. The predicted octanol–water partition coefficient (Wildman–Crippen LogP) is 0.136. The van der Waals surface area contributed by atoms with E-state index >= 15 is 0 Å². The van der Waals surface area contributed by atoms with Crippen molar-refractivity contribution in [2.75, 3.05) is 0 Å². The van der Waals surface area contributed by atoms with Crippen LogP contribution < -0.4 is 5.32 Å². The van der Waals surface area contributed by atoms with Crippen LogP contribution >= 0.6 is 0 Å². The lowest BCUT2D eigenvalue weighted by Crippen LogP contribution is -2.47. The third kappa shape index (κ3) is 3.32. The van der Waals surface area contributed by atoms with Gasteiger partial charge in [0.1, 0.15) is 0 Å². The van der Waals surface area contributed by atoms with Crippen LogP contribution in [0.5, 0.6) is 0 Å². The molecule has 0 unspecified atom stereocenters. The summed E-state index contributed by atoms with van der Waals surface area (Å²) in [6, 6.07) is 0.174. The van der Waals surface area contributed by atoms with Gasteiger partial charge in [0, 0.05) is 12.5 Å². The van der Waals surface area contributed by atoms with Gasteiger partial charge in [-0.25, -0.2) is 0 Å². The third-order valence-electron chi connectivity index (χ3n) is 2.16. The normalized spacial score (nSPS) is 17.2. The van der Waals surface area contributed by atoms with Crippen molar-refractivity contribution in [3.05, 3.63) is 0 Å². The Hall–Kier alpha value is -0.610. The number of hydrogen-bond acceptors (Lipinski definition) is 3. The first-order valence-corrected chi connectivity index (χ1v) is 4.82. The van der Waals surface area contributed by atoms with Crippen molar-refractivity contribution < 1.29 is 15.0 Å². The highest BCUT2D eigenvalue weighted by Gasteiger charge is 2.35. The molecule has 1 amide bonds. The molecule has 1 saturated carbocycles. The zero-order valence-corrected chi connectivity index (χ0v) is 7.92. The second kappa shape index (κ2) is 4.07. The van der Waals surface area contributed by atoms with Crippen molar-refractivity contribution in [3.63, 3.8) is 0 Å². The molecule has 0 atom stereocenters. The highest BCUT2D eigenvalue weighted by atomic mass is 16.5. The van der Waals surface area contributed by atoms with Gasteiger partial charge in [-0.15, -0.1) is 0 Å². The molecule has 0 aliphatic heterocycles. The van der Waals surface area contributed by atoms with E-state index in [0.29, 0.717) is 6.42 Å². The molecule has 0 aromatic carbocycles. The van der Waals surface area contributed by atoms with Gasteiger partial charge in [0.05, 0.1) is 0 Å². The van der Waals surface area contributed by atoms with Crippen LogP contribution in [0.4, 0.5) is 0 Å². The van der Waals surface area contributed by atoms with Crippen molar-refractivity contribution in [3.8, 4) is 0 Å². The molecule has 3 N–H and O–H groups in total. The van der Waals surface area contributed by atoms with Crippen LogP contribution in [-0.2, 0) is 4.79 Å². The largest absolute Gasteiger partial charge is 0.358 e. The Morgan fingerprint density at radius 1 is 1.54 bits per heavy atom. The lowest BCUT2D eigenvalue weighted by Gasteiger charge is -2.20. The van der Waals surface area contributed by atoms with E-state index in [1.165, 1.54) is 0 Å². The minimum absolute atomic E-state index is 0.113. The van der Waals surface area contributed by atoms with Crippen molar-refractivity contribution >= 4 is 5.91 Å². The maximum absolute atomic E-state index is 11.2. The van der Waals surface area contributed by atoms with E-state index in [0.717, 1.165) is 19.3 Å². The molecular weight excluding hydrogens is 170 g/mol. The van der Waals surface area contributed by atoms with Crippen LogP contribution in [0.3, 0.4) is 0 Å². The molecule has 0 radical (unpaired) electrons. The molecule has 4 heteroatoms. The van der Waals surface area contributed by atoms with Crippen molar-refractivity contribution in [2.24, 2.45) is 0 Å². The topological polar surface area (TPSA) is 69.6 Å². The summed E-state index contributed by atoms with van der Waals surface area (Å²) in [7, 11) is 0. The van der Waals surface area contributed by atoms with E-state index < -0.39 is 11.7 Å². The van der Waals surface area contributed by atoms with E-state index in [-0.39, 0.29) is 12.5 Å². The van der Waals surface area contributed by atoms with Crippen LogP contribution in [0.1, 0.15) is 39.0 Å². The fraction of sp³-hybridized carbons (Fsp3) is 0.889. The Labute approximate surface area is 78.0 Å². The summed E-state index contributed by atoms with van der Waals surface area (Å²) in [5.41, 5.74) is 0.